The zero-order valence-corrected chi connectivity index (χ0v) is 13.5. The van der Waals surface area contributed by atoms with Crippen LogP contribution < -0.4 is 0 Å². The number of hydrogen-bond acceptors (Lipinski definition) is 0. The Kier molecular flexibility index (Phi) is 2.77. The molecule has 0 N–H and O–H groups in total. The zero-order chi connectivity index (χ0) is 13.1. The van der Waals surface area contributed by atoms with E-state index in [4.69, 9.17) is 0 Å². The van der Waals surface area contributed by atoms with Gasteiger partial charge in [0.2, 0.25) is 0 Å². The average molecular weight is 447 g/mol. The van der Waals surface area contributed by atoms with Crippen LogP contribution in [0.5, 0.6) is 0 Å². The SMILES string of the molecule is [Pt].c1cc2cccc3c4cccc5cccc(c(c1)c23)c54. The summed E-state index contributed by atoms with van der Waals surface area (Å²) in [5, 5.41) is 10.9. The maximum absolute atomic E-state index is 2.25. The molecule has 0 atom stereocenters. The summed E-state index contributed by atoms with van der Waals surface area (Å²) in [5.74, 6) is 0. The van der Waals surface area contributed by atoms with E-state index in [1.54, 1.807) is 0 Å². The predicted octanol–water partition coefficient (Wildman–Crippen LogP) is 5.73. The molecule has 0 aliphatic carbocycles. The van der Waals surface area contributed by atoms with E-state index in [9.17, 15) is 0 Å². The summed E-state index contributed by atoms with van der Waals surface area (Å²) in [6.07, 6.45) is 0. The third-order valence-corrected chi connectivity index (χ3v) is 4.39. The Balaban J connectivity index is 0.00000115. The van der Waals surface area contributed by atoms with E-state index in [1.165, 1.54) is 43.1 Å². The van der Waals surface area contributed by atoms with Crippen LogP contribution in [0.1, 0.15) is 0 Å². The van der Waals surface area contributed by atoms with Gasteiger partial charge in [0, 0.05) is 21.1 Å². The Labute approximate surface area is 137 Å². The van der Waals surface area contributed by atoms with E-state index in [-0.39, 0.29) is 21.1 Å². The van der Waals surface area contributed by atoms with Gasteiger partial charge in [-0.1, -0.05) is 72.8 Å². The quantitative estimate of drug-likeness (QED) is 0.210. The number of rotatable bonds is 0. The van der Waals surface area contributed by atoms with Gasteiger partial charge in [0.25, 0.3) is 0 Å². The van der Waals surface area contributed by atoms with Crippen molar-refractivity contribution >= 4 is 43.1 Å². The van der Waals surface area contributed by atoms with Crippen LogP contribution in [0.25, 0.3) is 43.1 Å². The van der Waals surface area contributed by atoms with Gasteiger partial charge in [-0.25, -0.2) is 0 Å². The summed E-state index contributed by atoms with van der Waals surface area (Å²) < 4.78 is 0. The van der Waals surface area contributed by atoms with Crippen molar-refractivity contribution in [3.8, 4) is 0 Å². The molecule has 5 aromatic carbocycles. The minimum Gasteiger partial charge on any atom is -0.0610 e. The van der Waals surface area contributed by atoms with Crippen molar-refractivity contribution in [1.29, 1.82) is 0 Å². The van der Waals surface area contributed by atoms with Crippen LogP contribution in [0.3, 0.4) is 0 Å². The second kappa shape index (κ2) is 4.55. The van der Waals surface area contributed by atoms with Crippen LogP contribution in [0.15, 0.2) is 72.8 Å². The van der Waals surface area contributed by atoms with Gasteiger partial charge in [-0.3, -0.25) is 0 Å². The summed E-state index contributed by atoms with van der Waals surface area (Å²) in [6.45, 7) is 0. The maximum atomic E-state index is 2.25. The van der Waals surface area contributed by atoms with Crippen LogP contribution in [0.4, 0.5) is 0 Å². The fourth-order valence-corrected chi connectivity index (χ4v) is 3.58. The van der Waals surface area contributed by atoms with Gasteiger partial charge < -0.3 is 0 Å². The molecule has 0 saturated carbocycles. The van der Waals surface area contributed by atoms with Crippen molar-refractivity contribution in [3.63, 3.8) is 0 Å². The van der Waals surface area contributed by atoms with Crippen molar-refractivity contribution in [3.05, 3.63) is 72.8 Å². The summed E-state index contributed by atoms with van der Waals surface area (Å²) in [6, 6.07) is 26.4. The van der Waals surface area contributed by atoms with Gasteiger partial charge in [-0.15, -0.1) is 0 Å². The predicted molar refractivity (Wildman–Crippen MR) is 87.7 cm³/mol. The first-order chi connectivity index (χ1) is 9.93. The summed E-state index contributed by atoms with van der Waals surface area (Å²) >= 11 is 0. The Morgan fingerprint density at radius 2 is 0.667 bits per heavy atom. The van der Waals surface area contributed by atoms with Gasteiger partial charge in [0.1, 0.15) is 0 Å². The molecule has 1 heteroatoms. The monoisotopic (exact) mass is 447 g/mol. The van der Waals surface area contributed by atoms with Gasteiger partial charge in [0.15, 0.2) is 0 Å². The smallest absolute Gasteiger partial charge is 0 e. The molecule has 5 rings (SSSR count). The summed E-state index contributed by atoms with van der Waals surface area (Å²) in [5.41, 5.74) is 0. The molecule has 0 fully saturated rings. The van der Waals surface area contributed by atoms with E-state index in [0.29, 0.717) is 0 Å². The minimum absolute atomic E-state index is 0. The van der Waals surface area contributed by atoms with Crippen molar-refractivity contribution in [2.24, 2.45) is 0 Å². The normalized spacial score (nSPS) is 11.4. The van der Waals surface area contributed by atoms with E-state index in [0.717, 1.165) is 0 Å². The second-order valence-electron chi connectivity index (χ2n) is 5.42. The third-order valence-electron chi connectivity index (χ3n) is 4.39. The molecule has 0 unspecified atom stereocenters. The standard InChI is InChI=1S/C20H12.Pt/c1-5-13-6-2-11-17-18-12-4-8-14-7-3-10-16(20(14)18)15(9-1)19(13)17;/h1-12H;. The van der Waals surface area contributed by atoms with E-state index in [1.807, 2.05) is 0 Å². The molecular formula is C20H12Pt. The van der Waals surface area contributed by atoms with Crippen molar-refractivity contribution < 1.29 is 21.1 Å². The summed E-state index contributed by atoms with van der Waals surface area (Å²) in [4.78, 5) is 0. The molecule has 0 bridgehead atoms. The molecule has 0 aliphatic heterocycles. The summed E-state index contributed by atoms with van der Waals surface area (Å²) in [7, 11) is 0. The van der Waals surface area contributed by atoms with Crippen LogP contribution >= 0.6 is 0 Å². The largest absolute Gasteiger partial charge is 0.0610 e. The molecule has 0 radical (unpaired) electrons. The first-order valence-electron chi connectivity index (χ1n) is 6.98. The first-order valence-corrected chi connectivity index (χ1v) is 6.98. The van der Waals surface area contributed by atoms with E-state index >= 15 is 0 Å². The Morgan fingerprint density at radius 1 is 0.381 bits per heavy atom. The fourth-order valence-electron chi connectivity index (χ4n) is 3.58. The molecule has 0 saturated heterocycles. The number of benzene rings is 5. The maximum Gasteiger partial charge on any atom is 0 e. The minimum atomic E-state index is 0. The second-order valence-corrected chi connectivity index (χ2v) is 5.42. The molecule has 102 valence electrons. The van der Waals surface area contributed by atoms with Gasteiger partial charge in [-0.05, 0) is 43.1 Å². The Bertz CT molecular complexity index is 923. The van der Waals surface area contributed by atoms with Gasteiger partial charge in [-0.2, -0.15) is 0 Å². The topological polar surface area (TPSA) is 0 Å². The van der Waals surface area contributed by atoms with Crippen LogP contribution in [-0.2, 0) is 21.1 Å². The van der Waals surface area contributed by atoms with Crippen molar-refractivity contribution in [2.45, 2.75) is 0 Å². The van der Waals surface area contributed by atoms with Crippen LogP contribution in [0.2, 0.25) is 0 Å². The molecule has 0 heterocycles. The third kappa shape index (κ3) is 1.60. The number of hydrogen-bond donors (Lipinski definition) is 0. The molecule has 0 aliphatic rings. The van der Waals surface area contributed by atoms with Gasteiger partial charge >= 0.3 is 0 Å². The molecule has 21 heavy (non-hydrogen) atoms. The van der Waals surface area contributed by atoms with Crippen molar-refractivity contribution in [1.82, 2.24) is 0 Å². The molecule has 0 spiro atoms. The fraction of sp³-hybridized carbons (Fsp3) is 0. The van der Waals surface area contributed by atoms with Crippen LogP contribution in [0, 0.1) is 0 Å². The average Bonchev–Trinajstić information content (AvgIpc) is 2.52. The molecule has 0 amide bonds. The molecule has 5 aromatic rings. The van der Waals surface area contributed by atoms with Crippen LogP contribution in [-0.4, -0.2) is 0 Å². The van der Waals surface area contributed by atoms with E-state index < -0.39 is 0 Å². The van der Waals surface area contributed by atoms with Gasteiger partial charge in [0.05, 0.1) is 0 Å². The molecule has 0 nitrogen and oxygen atoms in total. The van der Waals surface area contributed by atoms with E-state index in [2.05, 4.69) is 72.8 Å². The molecular weight excluding hydrogens is 435 g/mol. The Hall–Kier alpha value is -1.91. The zero-order valence-electron chi connectivity index (χ0n) is 11.2. The van der Waals surface area contributed by atoms with Crippen molar-refractivity contribution in [2.75, 3.05) is 0 Å². The Morgan fingerprint density at radius 3 is 0.952 bits per heavy atom. The molecule has 0 aromatic heterocycles. The number of fused-ring (bicyclic) bond motifs is 2. The first kappa shape index (κ1) is 12.8.